The van der Waals surface area contributed by atoms with Crippen LogP contribution in [0.3, 0.4) is 0 Å². The molecule has 0 unspecified atom stereocenters. The van der Waals surface area contributed by atoms with Gasteiger partial charge in [0.15, 0.2) is 9.84 Å². The molecule has 0 aliphatic carbocycles. The number of aliphatic carboxylic acids is 1. The predicted molar refractivity (Wildman–Crippen MR) is 93.7 cm³/mol. The van der Waals surface area contributed by atoms with Crippen LogP contribution in [0.15, 0.2) is 59.0 Å². The maximum Gasteiger partial charge on any atom is 1.00 e. The molecule has 0 aliphatic heterocycles. The van der Waals surface area contributed by atoms with Crippen molar-refractivity contribution in [3.63, 3.8) is 0 Å². The van der Waals surface area contributed by atoms with Crippen LogP contribution in [0.2, 0.25) is 5.02 Å². The minimum Gasteiger partial charge on any atom is -0.545 e. The van der Waals surface area contributed by atoms with Crippen molar-refractivity contribution in [2.24, 2.45) is 0 Å². The first-order chi connectivity index (χ1) is 11.7. The second-order valence-corrected chi connectivity index (χ2v) is 7.87. The summed E-state index contributed by atoms with van der Waals surface area (Å²) in [5.74, 6) is -1.40. The number of rotatable bonds is 6. The van der Waals surface area contributed by atoms with Gasteiger partial charge in [0.1, 0.15) is 0 Å². The summed E-state index contributed by atoms with van der Waals surface area (Å²) in [6.45, 7) is -0.359. The van der Waals surface area contributed by atoms with E-state index in [1.165, 1.54) is 24.3 Å². The molecule has 0 atom stereocenters. The average molecular weight is 403 g/mol. The Bertz CT molecular complexity index is 904. The van der Waals surface area contributed by atoms with Crippen molar-refractivity contribution >= 4 is 33.0 Å². The summed E-state index contributed by atoms with van der Waals surface area (Å²) in [4.78, 5) is 11.7. The van der Waals surface area contributed by atoms with Gasteiger partial charge in [0.2, 0.25) is 0 Å². The first-order valence-corrected chi connectivity index (χ1v) is 9.62. The topological polar surface area (TPSA) is 94.5 Å². The minimum absolute atomic E-state index is 0. The van der Waals surface area contributed by atoms with Gasteiger partial charge < -0.3 is 15.0 Å². The summed E-state index contributed by atoms with van der Waals surface area (Å²) >= 11 is 5.89. The summed E-state index contributed by atoms with van der Waals surface area (Å²) in [7, 11) is -3.36. The number of hydrogen-bond acceptors (Lipinski definition) is 5. The summed E-state index contributed by atoms with van der Waals surface area (Å²) in [6.07, 6.45) is 0.991. The third-order valence-corrected chi connectivity index (χ3v) is 4.99. The van der Waals surface area contributed by atoms with Gasteiger partial charge in [0.05, 0.1) is 10.9 Å². The van der Waals surface area contributed by atoms with Crippen molar-refractivity contribution in [3.8, 4) is 0 Å². The molecule has 1 N–H and O–H groups in total. The number of carboxylic acid groups (broad SMARTS) is 1. The number of carboxylic acids is 1. The first-order valence-electron chi connectivity index (χ1n) is 7.36. The molecule has 26 heavy (non-hydrogen) atoms. The second kappa shape index (κ2) is 9.69. The van der Waals surface area contributed by atoms with E-state index in [9.17, 15) is 23.4 Å². The summed E-state index contributed by atoms with van der Waals surface area (Å²) in [5.41, 5.74) is 1.36. The zero-order valence-corrected chi connectivity index (χ0v) is 18.0. The Morgan fingerprint density at radius 3 is 1.88 bits per heavy atom. The maximum absolute atomic E-state index is 11.6. The molecule has 0 saturated heterocycles. The molecular weight excluding hydrogens is 387 g/mol. The van der Waals surface area contributed by atoms with Crippen LogP contribution in [0.1, 0.15) is 17.5 Å². The molecule has 0 saturated carbocycles. The molecule has 2 rings (SSSR count). The number of sulfone groups is 1. The van der Waals surface area contributed by atoms with Crippen molar-refractivity contribution < 1.29 is 53.0 Å². The zero-order chi connectivity index (χ0) is 18.6. The molecule has 2 aromatic rings. The van der Waals surface area contributed by atoms with Crippen LogP contribution in [0, 0.1) is 0 Å². The quantitative estimate of drug-likeness (QED) is 0.478. The van der Waals surface area contributed by atoms with E-state index >= 15 is 0 Å². The van der Waals surface area contributed by atoms with Gasteiger partial charge >= 0.3 is 29.6 Å². The number of carbonyl (C=O) groups is 1. The number of carbonyl (C=O) groups excluding carboxylic acids is 1. The zero-order valence-electron chi connectivity index (χ0n) is 14.4. The maximum atomic E-state index is 11.6. The number of aliphatic hydroxyl groups is 1. The van der Waals surface area contributed by atoms with Crippen LogP contribution < -0.4 is 34.7 Å². The molecule has 0 fully saturated rings. The van der Waals surface area contributed by atoms with Crippen molar-refractivity contribution in [3.05, 3.63) is 70.3 Å². The second-order valence-electron chi connectivity index (χ2n) is 5.42. The van der Waals surface area contributed by atoms with E-state index < -0.39 is 15.8 Å². The summed E-state index contributed by atoms with van der Waals surface area (Å²) < 4.78 is 23.2. The number of hydrogen-bond donors (Lipinski definition) is 1. The summed E-state index contributed by atoms with van der Waals surface area (Å²) in [5, 5.41) is 21.3. The molecule has 0 aromatic heterocycles. The smallest absolute Gasteiger partial charge is 0.545 e. The number of aliphatic hydroxyl groups excluding tert-OH is 1. The predicted octanol–water partition coefficient (Wildman–Crippen LogP) is -1.32. The SMILES string of the molecule is CS(=O)(=O)c1ccc(/C(=C(\CCO)C(=O)[O-])c2ccc(Cl)cc2)cc1.[Na+]. The minimum atomic E-state index is -3.36. The van der Waals surface area contributed by atoms with Crippen LogP contribution in [-0.2, 0) is 14.6 Å². The van der Waals surface area contributed by atoms with Gasteiger partial charge in [-0.3, -0.25) is 0 Å². The van der Waals surface area contributed by atoms with Gasteiger partial charge in [-0.2, -0.15) is 0 Å². The third-order valence-electron chi connectivity index (χ3n) is 3.61. The molecule has 2 aromatic carbocycles. The Hall–Kier alpha value is -1.15. The molecule has 0 spiro atoms. The van der Waals surface area contributed by atoms with Crippen molar-refractivity contribution in [2.75, 3.05) is 12.9 Å². The normalized spacial score (nSPS) is 12.1. The number of benzene rings is 2. The van der Waals surface area contributed by atoms with Gasteiger partial charge in [0, 0.05) is 17.9 Å². The van der Waals surface area contributed by atoms with E-state index in [1.54, 1.807) is 24.3 Å². The molecule has 132 valence electrons. The van der Waals surface area contributed by atoms with Crippen LogP contribution >= 0.6 is 11.6 Å². The van der Waals surface area contributed by atoms with Gasteiger partial charge in [-0.25, -0.2) is 8.42 Å². The molecule has 0 heterocycles. The number of halogens is 1. The molecule has 0 amide bonds. The van der Waals surface area contributed by atoms with Gasteiger partial charge in [-0.05, 0) is 53.0 Å². The van der Waals surface area contributed by atoms with Crippen molar-refractivity contribution in [1.82, 2.24) is 0 Å². The fourth-order valence-corrected chi connectivity index (χ4v) is 3.20. The van der Waals surface area contributed by atoms with E-state index in [0.29, 0.717) is 21.7 Å². The van der Waals surface area contributed by atoms with Gasteiger partial charge in [0.25, 0.3) is 0 Å². The largest absolute Gasteiger partial charge is 1.00 e. The first kappa shape index (κ1) is 22.9. The third kappa shape index (κ3) is 5.67. The van der Waals surface area contributed by atoms with Gasteiger partial charge in [-0.15, -0.1) is 0 Å². The van der Waals surface area contributed by atoms with Crippen LogP contribution in [-0.4, -0.2) is 32.4 Å². The molecule has 0 aliphatic rings. The molecule has 5 nitrogen and oxygen atoms in total. The Morgan fingerprint density at radius 2 is 1.50 bits per heavy atom. The fraction of sp³-hybridized carbons (Fsp3) is 0.167. The molecule has 8 heteroatoms. The van der Waals surface area contributed by atoms with Crippen molar-refractivity contribution in [2.45, 2.75) is 11.3 Å². The standard InChI is InChI=1S/C18H17ClO5S.Na/c1-25(23,24)15-8-4-13(5-9-15)17(16(10-11-20)18(21)22)12-2-6-14(19)7-3-12;/h2-9,20H,10-11H2,1H3,(H,21,22);/q;+1/p-1/b17-16+;. The van der Waals surface area contributed by atoms with Gasteiger partial charge in [-0.1, -0.05) is 35.9 Å². The Labute approximate surface area is 179 Å². The van der Waals surface area contributed by atoms with E-state index in [1.807, 2.05) is 0 Å². The van der Waals surface area contributed by atoms with E-state index in [2.05, 4.69) is 0 Å². The van der Waals surface area contributed by atoms with E-state index in [4.69, 9.17) is 11.6 Å². The summed E-state index contributed by atoms with van der Waals surface area (Å²) in [6, 6.07) is 12.4. The fourth-order valence-electron chi connectivity index (χ4n) is 2.44. The molecule has 0 radical (unpaired) electrons. The van der Waals surface area contributed by atoms with Crippen LogP contribution in [0.4, 0.5) is 0 Å². The monoisotopic (exact) mass is 402 g/mol. The Kier molecular flexibility index (Phi) is 8.53. The molecule has 0 bridgehead atoms. The van der Waals surface area contributed by atoms with Crippen LogP contribution in [0.5, 0.6) is 0 Å². The van der Waals surface area contributed by atoms with Crippen molar-refractivity contribution in [1.29, 1.82) is 0 Å². The van der Waals surface area contributed by atoms with E-state index in [0.717, 1.165) is 6.26 Å². The van der Waals surface area contributed by atoms with Crippen LogP contribution in [0.25, 0.3) is 5.57 Å². The van der Waals surface area contributed by atoms with E-state index in [-0.39, 0.29) is 53.1 Å². The Morgan fingerprint density at radius 1 is 1.04 bits per heavy atom. The molecular formula is C18H16ClNaO5S. The Balaban J connectivity index is 0.00000338. The average Bonchev–Trinajstić information content (AvgIpc) is 2.55.